The van der Waals surface area contributed by atoms with Crippen LogP contribution in [0.25, 0.3) is 0 Å². The van der Waals surface area contributed by atoms with Gasteiger partial charge >= 0.3 is 0 Å². The number of ketones is 1. The van der Waals surface area contributed by atoms with Crippen LogP contribution in [0.5, 0.6) is 5.75 Å². The van der Waals surface area contributed by atoms with Gasteiger partial charge in [-0.1, -0.05) is 6.07 Å². The zero-order valence-electron chi connectivity index (χ0n) is 15.3. The van der Waals surface area contributed by atoms with Gasteiger partial charge < -0.3 is 14.4 Å². The molecular weight excluding hydrogens is 412 g/mol. The van der Waals surface area contributed by atoms with Crippen LogP contribution in [0.1, 0.15) is 33.3 Å². The Labute approximate surface area is 166 Å². The first kappa shape index (κ1) is 19.5. The van der Waals surface area contributed by atoms with E-state index in [0.717, 1.165) is 5.56 Å². The topological polar surface area (TPSA) is 68.7 Å². The number of rotatable bonds is 5. The van der Waals surface area contributed by atoms with E-state index in [2.05, 4.69) is 20.9 Å². The number of benzene rings is 1. The maximum absolute atomic E-state index is 12.6. The molecule has 0 radical (unpaired) electrons. The van der Waals surface area contributed by atoms with Crippen molar-refractivity contribution in [2.75, 3.05) is 26.3 Å². The van der Waals surface area contributed by atoms with Crippen molar-refractivity contribution in [1.82, 2.24) is 9.88 Å². The molecule has 27 heavy (non-hydrogen) atoms. The highest BCUT2D eigenvalue weighted by molar-refractivity contribution is 9.10. The summed E-state index contributed by atoms with van der Waals surface area (Å²) in [5.74, 6) is 0.592. The molecule has 0 N–H and O–H groups in total. The molecule has 1 aromatic carbocycles. The van der Waals surface area contributed by atoms with Crippen molar-refractivity contribution >= 4 is 27.6 Å². The normalized spacial score (nSPS) is 16.9. The Morgan fingerprint density at radius 2 is 2.15 bits per heavy atom. The molecule has 6 nitrogen and oxygen atoms in total. The second kappa shape index (κ2) is 8.63. The molecule has 1 amide bonds. The fourth-order valence-electron chi connectivity index (χ4n) is 3.00. The van der Waals surface area contributed by atoms with Crippen LogP contribution in [-0.2, 0) is 4.74 Å². The molecule has 3 rings (SSSR count). The minimum absolute atomic E-state index is 0.0324. The molecule has 2 heterocycles. The molecule has 0 bridgehead atoms. The minimum Gasteiger partial charge on any atom is -0.491 e. The molecule has 0 spiro atoms. The summed E-state index contributed by atoms with van der Waals surface area (Å²) in [6.07, 6.45) is -0.220. The lowest BCUT2D eigenvalue weighted by Gasteiger charge is -2.32. The lowest BCUT2D eigenvalue weighted by Crippen LogP contribution is -2.47. The summed E-state index contributed by atoms with van der Waals surface area (Å²) in [6.45, 7) is 5.18. The summed E-state index contributed by atoms with van der Waals surface area (Å²) in [7, 11) is 0. The predicted octanol–water partition coefficient (Wildman–Crippen LogP) is 3.28. The standard InChI is InChI=1S/C20H21BrN2O4/c1-13-10-15(6-7-17(13)14(2)24)27-12-16-11-23(8-9-26-16)20(25)18-4-3-5-19(21)22-18/h3-7,10,16H,8-9,11-12H2,1-2H3. The van der Waals surface area contributed by atoms with E-state index in [0.29, 0.717) is 47.9 Å². The van der Waals surface area contributed by atoms with E-state index in [1.54, 1.807) is 42.2 Å². The number of amides is 1. The summed E-state index contributed by atoms with van der Waals surface area (Å²) in [5.41, 5.74) is 1.97. The number of aromatic nitrogens is 1. The molecule has 1 aliphatic rings. The fourth-order valence-corrected chi connectivity index (χ4v) is 3.35. The Morgan fingerprint density at radius 1 is 1.33 bits per heavy atom. The van der Waals surface area contributed by atoms with Crippen molar-refractivity contribution in [2.45, 2.75) is 20.0 Å². The van der Waals surface area contributed by atoms with Crippen LogP contribution < -0.4 is 4.74 Å². The number of carbonyl (C=O) groups excluding carboxylic acids is 2. The highest BCUT2D eigenvalue weighted by atomic mass is 79.9. The number of morpholine rings is 1. The Hall–Kier alpha value is -2.25. The molecule has 0 aliphatic carbocycles. The minimum atomic E-state index is -0.220. The van der Waals surface area contributed by atoms with E-state index in [1.807, 2.05) is 13.0 Å². The van der Waals surface area contributed by atoms with Gasteiger partial charge in [-0.25, -0.2) is 4.98 Å². The molecular formula is C20H21BrN2O4. The monoisotopic (exact) mass is 432 g/mol. The maximum Gasteiger partial charge on any atom is 0.272 e. The number of Topliss-reactive ketones (excluding diaryl/α,β-unsaturated/α-hetero) is 1. The number of nitrogens with zero attached hydrogens (tertiary/aromatic N) is 2. The Kier molecular flexibility index (Phi) is 6.23. The van der Waals surface area contributed by atoms with Crippen molar-refractivity contribution in [2.24, 2.45) is 0 Å². The molecule has 7 heteroatoms. The number of hydrogen-bond acceptors (Lipinski definition) is 5. The van der Waals surface area contributed by atoms with Gasteiger partial charge in [-0.3, -0.25) is 9.59 Å². The zero-order chi connectivity index (χ0) is 19.4. The molecule has 142 valence electrons. The summed E-state index contributed by atoms with van der Waals surface area (Å²) in [5, 5.41) is 0. The van der Waals surface area contributed by atoms with Gasteiger partial charge in [-0.05, 0) is 65.7 Å². The van der Waals surface area contributed by atoms with Crippen molar-refractivity contribution in [3.63, 3.8) is 0 Å². The van der Waals surface area contributed by atoms with Gasteiger partial charge in [0.2, 0.25) is 0 Å². The third-order valence-corrected chi connectivity index (χ3v) is 4.81. The number of halogens is 1. The first-order chi connectivity index (χ1) is 12.9. The van der Waals surface area contributed by atoms with Crippen LogP contribution >= 0.6 is 15.9 Å². The highest BCUT2D eigenvalue weighted by Gasteiger charge is 2.26. The molecule has 1 saturated heterocycles. The van der Waals surface area contributed by atoms with E-state index >= 15 is 0 Å². The highest BCUT2D eigenvalue weighted by Crippen LogP contribution is 2.19. The van der Waals surface area contributed by atoms with Crippen molar-refractivity contribution in [3.8, 4) is 5.75 Å². The van der Waals surface area contributed by atoms with Crippen LogP contribution in [-0.4, -0.2) is 54.0 Å². The van der Waals surface area contributed by atoms with Crippen molar-refractivity contribution in [1.29, 1.82) is 0 Å². The van der Waals surface area contributed by atoms with Gasteiger partial charge in [0, 0.05) is 12.1 Å². The number of aryl methyl sites for hydroxylation is 1. The van der Waals surface area contributed by atoms with E-state index in [1.165, 1.54) is 0 Å². The second-order valence-corrected chi connectivity index (χ2v) is 7.25. The number of ether oxygens (including phenoxy) is 2. The van der Waals surface area contributed by atoms with Gasteiger partial charge in [-0.15, -0.1) is 0 Å². The van der Waals surface area contributed by atoms with Gasteiger partial charge in [0.05, 0.1) is 13.2 Å². The van der Waals surface area contributed by atoms with Crippen LogP contribution in [0, 0.1) is 6.92 Å². The summed E-state index contributed by atoms with van der Waals surface area (Å²) in [4.78, 5) is 30.1. The van der Waals surface area contributed by atoms with E-state index < -0.39 is 0 Å². The van der Waals surface area contributed by atoms with Gasteiger partial charge in [0.1, 0.15) is 28.8 Å². The first-order valence-electron chi connectivity index (χ1n) is 8.72. The van der Waals surface area contributed by atoms with E-state index in [9.17, 15) is 9.59 Å². The lowest BCUT2D eigenvalue weighted by molar-refractivity contribution is -0.0402. The molecule has 2 aromatic rings. The van der Waals surface area contributed by atoms with Gasteiger partial charge in [-0.2, -0.15) is 0 Å². The van der Waals surface area contributed by atoms with Crippen LogP contribution in [0.2, 0.25) is 0 Å². The van der Waals surface area contributed by atoms with E-state index in [4.69, 9.17) is 9.47 Å². The number of hydrogen-bond donors (Lipinski definition) is 0. The van der Waals surface area contributed by atoms with Gasteiger partial charge in [0.15, 0.2) is 5.78 Å². The molecule has 1 unspecified atom stereocenters. The largest absolute Gasteiger partial charge is 0.491 e. The Bertz CT molecular complexity index is 856. The smallest absolute Gasteiger partial charge is 0.272 e. The quantitative estimate of drug-likeness (QED) is 0.535. The summed E-state index contributed by atoms with van der Waals surface area (Å²) in [6, 6.07) is 10.7. The van der Waals surface area contributed by atoms with Crippen molar-refractivity contribution in [3.05, 3.63) is 57.8 Å². The predicted molar refractivity (Wildman–Crippen MR) is 104 cm³/mol. The fraction of sp³-hybridized carbons (Fsp3) is 0.350. The third-order valence-electron chi connectivity index (χ3n) is 4.37. The zero-order valence-corrected chi connectivity index (χ0v) is 16.9. The van der Waals surface area contributed by atoms with Crippen LogP contribution in [0.4, 0.5) is 0 Å². The molecule has 1 atom stereocenters. The van der Waals surface area contributed by atoms with Crippen LogP contribution in [0.3, 0.4) is 0 Å². The maximum atomic E-state index is 12.6. The molecule has 0 saturated carbocycles. The molecule has 1 aromatic heterocycles. The second-order valence-electron chi connectivity index (χ2n) is 6.43. The van der Waals surface area contributed by atoms with Crippen molar-refractivity contribution < 1.29 is 19.1 Å². The van der Waals surface area contributed by atoms with E-state index in [-0.39, 0.29) is 17.8 Å². The third kappa shape index (κ3) is 4.93. The molecule has 1 fully saturated rings. The Morgan fingerprint density at radius 3 is 2.85 bits per heavy atom. The average Bonchev–Trinajstić information content (AvgIpc) is 2.66. The first-order valence-corrected chi connectivity index (χ1v) is 9.51. The Balaban J connectivity index is 1.59. The van der Waals surface area contributed by atoms with Crippen LogP contribution in [0.15, 0.2) is 41.0 Å². The number of pyridine rings is 1. The molecule has 1 aliphatic heterocycles. The summed E-state index contributed by atoms with van der Waals surface area (Å²) >= 11 is 3.29. The number of carbonyl (C=O) groups is 2. The lowest BCUT2D eigenvalue weighted by atomic mass is 10.1. The summed E-state index contributed by atoms with van der Waals surface area (Å²) < 4.78 is 12.2. The average molecular weight is 433 g/mol. The SMILES string of the molecule is CC(=O)c1ccc(OCC2CN(C(=O)c3cccc(Br)n3)CCO2)cc1C. The van der Waals surface area contributed by atoms with Gasteiger partial charge in [0.25, 0.3) is 5.91 Å².